The molecule has 0 unspecified atom stereocenters. The Morgan fingerprint density at radius 1 is 1.33 bits per heavy atom. The highest BCUT2D eigenvalue weighted by molar-refractivity contribution is 8.01. The third kappa shape index (κ3) is 3.61. The van der Waals surface area contributed by atoms with Crippen LogP contribution in [0.15, 0.2) is 18.2 Å². The molecule has 0 aromatic heterocycles. The fourth-order valence-electron chi connectivity index (χ4n) is 3.03. The van der Waals surface area contributed by atoms with Gasteiger partial charge in [-0.1, -0.05) is 6.07 Å². The summed E-state index contributed by atoms with van der Waals surface area (Å²) in [7, 11) is 0. The first kappa shape index (κ1) is 17.0. The first-order valence-corrected chi connectivity index (χ1v) is 9.14. The Morgan fingerprint density at radius 3 is 2.83 bits per heavy atom. The molecular formula is C17H21NO5S. The number of carbonyl (C=O) groups excluding carboxylic acids is 1. The summed E-state index contributed by atoms with van der Waals surface area (Å²) in [4.78, 5) is 25.2. The number of nitrogens with zero attached hydrogens (tertiary/aromatic N) is 1. The maximum atomic E-state index is 12.5. The number of amides is 1. The standard InChI is InChI=1S/C17H21NO5S/c1-11(17(20)21)24-10-16(19)18-6-2-3-13(18)12-4-5-14-15(9-12)23-8-7-22-14/h4-5,9,11,13H,2-3,6-8,10H2,1H3,(H,20,21)/t11-,13+/m1/s1. The third-order valence-electron chi connectivity index (χ3n) is 4.33. The van der Waals surface area contributed by atoms with Crippen molar-refractivity contribution in [3.8, 4) is 11.5 Å². The van der Waals surface area contributed by atoms with Gasteiger partial charge in [-0.3, -0.25) is 9.59 Å². The molecule has 1 aromatic carbocycles. The zero-order valence-electron chi connectivity index (χ0n) is 13.6. The van der Waals surface area contributed by atoms with Gasteiger partial charge in [0.25, 0.3) is 0 Å². The highest BCUT2D eigenvalue weighted by Gasteiger charge is 2.31. The molecule has 24 heavy (non-hydrogen) atoms. The lowest BCUT2D eigenvalue weighted by Crippen LogP contribution is -2.32. The molecule has 1 N–H and O–H groups in total. The average molecular weight is 351 g/mol. The summed E-state index contributed by atoms with van der Waals surface area (Å²) in [6.45, 7) is 3.40. The van der Waals surface area contributed by atoms with Gasteiger partial charge in [0, 0.05) is 6.54 Å². The molecule has 7 heteroatoms. The number of carbonyl (C=O) groups is 2. The Bertz CT molecular complexity index is 635. The summed E-state index contributed by atoms with van der Waals surface area (Å²) < 4.78 is 11.2. The Balaban J connectivity index is 1.69. The zero-order valence-corrected chi connectivity index (χ0v) is 14.4. The second-order valence-electron chi connectivity index (χ2n) is 5.94. The van der Waals surface area contributed by atoms with E-state index in [-0.39, 0.29) is 17.7 Å². The number of rotatable bonds is 5. The van der Waals surface area contributed by atoms with Crippen LogP contribution in [0.25, 0.3) is 0 Å². The van der Waals surface area contributed by atoms with Crippen molar-refractivity contribution in [2.45, 2.75) is 31.1 Å². The van der Waals surface area contributed by atoms with Crippen molar-refractivity contribution in [1.82, 2.24) is 4.90 Å². The van der Waals surface area contributed by atoms with Crippen molar-refractivity contribution >= 4 is 23.6 Å². The molecular weight excluding hydrogens is 330 g/mol. The van der Waals surface area contributed by atoms with Crippen LogP contribution < -0.4 is 9.47 Å². The number of likely N-dealkylation sites (tertiary alicyclic amines) is 1. The number of ether oxygens (including phenoxy) is 2. The summed E-state index contributed by atoms with van der Waals surface area (Å²) in [6, 6.07) is 5.86. The lowest BCUT2D eigenvalue weighted by molar-refractivity contribution is -0.136. The van der Waals surface area contributed by atoms with Gasteiger partial charge in [-0.05, 0) is 37.5 Å². The molecule has 1 aromatic rings. The molecule has 3 rings (SSSR count). The fraction of sp³-hybridized carbons (Fsp3) is 0.529. The van der Waals surface area contributed by atoms with Crippen LogP contribution >= 0.6 is 11.8 Å². The monoisotopic (exact) mass is 351 g/mol. The van der Waals surface area contributed by atoms with Gasteiger partial charge < -0.3 is 19.5 Å². The van der Waals surface area contributed by atoms with E-state index in [1.807, 2.05) is 23.1 Å². The highest BCUT2D eigenvalue weighted by Crippen LogP contribution is 2.38. The molecule has 0 bridgehead atoms. The Hall–Kier alpha value is -1.89. The van der Waals surface area contributed by atoms with Crippen LogP contribution in [-0.2, 0) is 9.59 Å². The van der Waals surface area contributed by atoms with Crippen molar-refractivity contribution in [3.05, 3.63) is 23.8 Å². The van der Waals surface area contributed by atoms with Crippen molar-refractivity contribution in [2.75, 3.05) is 25.5 Å². The fourth-order valence-corrected chi connectivity index (χ4v) is 3.73. The number of thioether (sulfide) groups is 1. The maximum Gasteiger partial charge on any atom is 0.316 e. The predicted octanol–water partition coefficient (Wildman–Crippen LogP) is 2.33. The second kappa shape index (κ2) is 7.34. The molecule has 130 valence electrons. The Morgan fingerprint density at radius 2 is 2.08 bits per heavy atom. The van der Waals surface area contributed by atoms with E-state index in [4.69, 9.17) is 14.6 Å². The highest BCUT2D eigenvalue weighted by atomic mass is 32.2. The number of aliphatic carboxylic acids is 1. The average Bonchev–Trinajstić information content (AvgIpc) is 3.08. The van der Waals surface area contributed by atoms with Crippen molar-refractivity contribution in [1.29, 1.82) is 0 Å². The molecule has 1 saturated heterocycles. The summed E-state index contributed by atoms with van der Waals surface area (Å²) in [5.41, 5.74) is 1.04. The van der Waals surface area contributed by atoms with E-state index in [0.29, 0.717) is 19.8 Å². The van der Waals surface area contributed by atoms with E-state index in [1.165, 1.54) is 0 Å². The summed E-state index contributed by atoms with van der Waals surface area (Å²) in [5.74, 6) is 0.760. The number of carboxylic acid groups (broad SMARTS) is 1. The molecule has 1 amide bonds. The van der Waals surface area contributed by atoms with Crippen LogP contribution in [0.1, 0.15) is 31.4 Å². The topological polar surface area (TPSA) is 76.1 Å². The van der Waals surface area contributed by atoms with E-state index in [1.54, 1.807) is 6.92 Å². The minimum atomic E-state index is -0.891. The number of carboxylic acids is 1. The van der Waals surface area contributed by atoms with Gasteiger partial charge in [-0.25, -0.2) is 0 Å². The summed E-state index contributed by atoms with van der Waals surface area (Å²) >= 11 is 1.16. The number of fused-ring (bicyclic) bond motifs is 1. The lowest BCUT2D eigenvalue weighted by atomic mass is 10.0. The SMILES string of the molecule is C[C@@H](SCC(=O)N1CCC[C@H]1c1ccc2c(c1)OCCO2)C(=O)O. The van der Waals surface area contributed by atoms with Crippen LogP contribution in [-0.4, -0.2) is 52.6 Å². The molecule has 0 saturated carbocycles. The molecule has 2 heterocycles. The van der Waals surface area contributed by atoms with Gasteiger partial charge in [0.05, 0.1) is 17.0 Å². The number of benzene rings is 1. The normalized spacial score (nSPS) is 20.7. The predicted molar refractivity (Wildman–Crippen MR) is 90.7 cm³/mol. The van der Waals surface area contributed by atoms with Gasteiger partial charge in [0.15, 0.2) is 11.5 Å². The second-order valence-corrected chi connectivity index (χ2v) is 7.27. The molecule has 6 nitrogen and oxygen atoms in total. The van der Waals surface area contributed by atoms with Gasteiger partial charge in [0.2, 0.25) is 5.91 Å². The summed E-state index contributed by atoms with van der Waals surface area (Å²) in [5, 5.41) is 8.35. The van der Waals surface area contributed by atoms with Gasteiger partial charge in [-0.2, -0.15) is 0 Å². The minimum Gasteiger partial charge on any atom is -0.486 e. The minimum absolute atomic E-state index is 0.00881. The third-order valence-corrected chi connectivity index (χ3v) is 5.44. The van der Waals surface area contributed by atoms with Crippen molar-refractivity contribution in [3.63, 3.8) is 0 Å². The zero-order chi connectivity index (χ0) is 17.1. The maximum absolute atomic E-state index is 12.5. The Kier molecular flexibility index (Phi) is 5.18. The van der Waals surface area contributed by atoms with E-state index in [2.05, 4.69) is 0 Å². The van der Waals surface area contributed by atoms with Crippen LogP contribution in [0.3, 0.4) is 0 Å². The molecule has 2 atom stereocenters. The lowest BCUT2D eigenvalue weighted by Gasteiger charge is -2.27. The molecule has 1 fully saturated rings. The van der Waals surface area contributed by atoms with Gasteiger partial charge >= 0.3 is 5.97 Å². The largest absolute Gasteiger partial charge is 0.486 e. The van der Waals surface area contributed by atoms with E-state index < -0.39 is 11.2 Å². The van der Waals surface area contributed by atoms with Gasteiger partial charge in [0.1, 0.15) is 13.2 Å². The first-order chi connectivity index (χ1) is 11.6. The molecule has 0 radical (unpaired) electrons. The van der Waals surface area contributed by atoms with E-state index >= 15 is 0 Å². The molecule has 2 aliphatic rings. The molecule has 0 spiro atoms. The summed E-state index contributed by atoms with van der Waals surface area (Å²) in [6.07, 6.45) is 1.86. The number of hydrogen-bond acceptors (Lipinski definition) is 5. The first-order valence-electron chi connectivity index (χ1n) is 8.09. The van der Waals surface area contributed by atoms with Crippen LogP contribution in [0.2, 0.25) is 0 Å². The Labute approximate surface area is 145 Å². The smallest absolute Gasteiger partial charge is 0.316 e. The van der Waals surface area contributed by atoms with Crippen molar-refractivity contribution in [2.24, 2.45) is 0 Å². The number of hydrogen-bond donors (Lipinski definition) is 1. The molecule has 2 aliphatic heterocycles. The van der Waals surface area contributed by atoms with E-state index in [0.717, 1.165) is 41.7 Å². The van der Waals surface area contributed by atoms with Crippen LogP contribution in [0, 0.1) is 0 Å². The van der Waals surface area contributed by atoms with Crippen LogP contribution in [0.5, 0.6) is 11.5 Å². The quantitative estimate of drug-likeness (QED) is 0.877. The van der Waals surface area contributed by atoms with Gasteiger partial charge in [-0.15, -0.1) is 11.8 Å². The van der Waals surface area contributed by atoms with Crippen molar-refractivity contribution < 1.29 is 24.2 Å². The van der Waals surface area contributed by atoms with E-state index in [9.17, 15) is 9.59 Å². The van der Waals surface area contributed by atoms with Crippen LogP contribution in [0.4, 0.5) is 0 Å². The molecule has 0 aliphatic carbocycles.